The van der Waals surface area contributed by atoms with Crippen LogP contribution in [0.4, 0.5) is 0 Å². The van der Waals surface area contributed by atoms with E-state index in [1.165, 1.54) is 23.1 Å². The number of thioether (sulfide) groups is 1. The first kappa shape index (κ1) is 16.6. The summed E-state index contributed by atoms with van der Waals surface area (Å²) in [6.45, 7) is 0. The maximum Gasteiger partial charge on any atom is 0.267 e. The van der Waals surface area contributed by atoms with Gasteiger partial charge in [0.1, 0.15) is 4.83 Å². The molecule has 0 bridgehead atoms. The number of benzene rings is 2. The van der Waals surface area contributed by atoms with E-state index in [1.54, 1.807) is 16.7 Å². The van der Waals surface area contributed by atoms with Crippen LogP contribution in [0.15, 0.2) is 76.0 Å². The van der Waals surface area contributed by atoms with Crippen LogP contribution >= 0.6 is 23.1 Å². The molecule has 0 aliphatic rings. The molecule has 0 radical (unpaired) electrons. The Balaban J connectivity index is 1.75. The Kier molecular flexibility index (Phi) is 4.57. The summed E-state index contributed by atoms with van der Waals surface area (Å²) in [5.74, 6) is 0.669. The van der Waals surface area contributed by atoms with Crippen LogP contribution < -0.4 is 5.56 Å². The van der Waals surface area contributed by atoms with Gasteiger partial charge in [-0.3, -0.25) is 9.36 Å². The SMILES string of the molecule is N#Cc1ccc(CSc2nc3sccc3c(=O)n2-c2ccccc2)cc1. The molecule has 0 unspecified atom stereocenters. The van der Waals surface area contributed by atoms with Crippen molar-refractivity contribution >= 4 is 33.3 Å². The molecule has 0 aliphatic carbocycles. The van der Waals surface area contributed by atoms with Crippen molar-refractivity contribution in [3.8, 4) is 11.8 Å². The van der Waals surface area contributed by atoms with Gasteiger partial charge in [-0.15, -0.1) is 11.3 Å². The first-order chi connectivity index (χ1) is 12.8. The molecule has 0 aliphatic heterocycles. The standard InChI is InChI=1S/C20H13N3OS2/c21-12-14-6-8-15(9-7-14)13-26-20-22-18-17(10-11-25-18)19(24)23(20)16-4-2-1-3-5-16/h1-11H,13H2. The third-order valence-electron chi connectivity index (χ3n) is 3.93. The minimum atomic E-state index is -0.0511. The summed E-state index contributed by atoms with van der Waals surface area (Å²) in [6.07, 6.45) is 0. The average Bonchev–Trinajstić information content (AvgIpc) is 3.16. The highest BCUT2D eigenvalue weighted by molar-refractivity contribution is 7.98. The number of aromatic nitrogens is 2. The summed E-state index contributed by atoms with van der Waals surface area (Å²) in [5, 5.41) is 12.1. The molecule has 4 nitrogen and oxygen atoms in total. The second-order valence-electron chi connectivity index (χ2n) is 5.61. The van der Waals surface area contributed by atoms with E-state index in [-0.39, 0.29) is 5.56 Å². The number of hydrogen-bond donors (Lipinski definition) is 0. The summed E-state index contributed by atoms with van der Waals surface area (Å²) in [7, 11) is 0. The van der Waals surface area contributed by atoms with Crippen molar-refractivity contribution in [3.05, 3.63) is 87.5 Å². The molecular weight excluding hydrogens is 362 g/mol. The molecule has 0 N–H and O–H groups in total. The number of hydrogen-bond acceptors (Lipinski definition) is 5. The summed E-state index contributed by atoms with van der Waals surface area (Å²) in [5.41, 5.74) is 2.47. The maximum absolute atomic E-state index is 13.0. The van der Waals surface area contributed by atoms with Crippen LogP contribution in [0.2, 0.25) is 0 Å². The zero-order chi connectivity index (χ0) is 17.9. The normalized spacial score (nSPS) is 10.7. The van der Waals surface area contributed by atoms with Gasteiger partial charge < -0.3 is 0 Å². The van der Waals surface area contributed by atoms with Crippen molar-refractivity contribution in [2.45, 2.75) is 10.9 Å². The molecule has 4 aromatic rings. The molecule has 126 valence electrons. The van der Waals surface area contributed by atoms with Gasteiger partial charge in [-0.2, -0.15) is 5.26 Å². The Morgan fingerprint density at radius 1 is 1.08 bits per heavy atom. The first-order valence-electron chi connectivity index (χ1n) is 7.94. The number of nitriles is 1. The minimum Gasteiger partial charge on any atom is -0.268 e. The van der Waals surface area contributed by atoms with Gasteiger partial charge in [-0.25, -0.2) is 4.98 Å². The molecule has 0 fully saturated rings. The maximum atomic E-state index is 13.0. The lowest BCUT2D eigenvalue weighted by Gasteiger charge is -2.12. The van der Waals surface area contributed by atoms with E-state index in [0.717, 1.165) is 16.1 Å². The van der Waals surface area contributed by atoms with E-state index < -0.39 is 0 Å². The third kappa shape index (κ3) is 3.15. The van der Waals surface area contributed by atoms with E-state index in [4.69, 9.17) is 10.2 Å². The lowest BCUT2D eigenvalue weighted by Crippen LogP contribution is -2.21. The van der Waals surface area contributed by atoms with Gasteiger partial charge in [0.15, 0.2) is 5.16 Å². The van der Waals surface area contributed by atoms with Crippen LogP contribution in [0.3, 0.4) is 0 Å². The minimum absolute atomic E-state index is 0.0511. The highest BCUT2D eigenvalue weighted by atomic mass is 32.2. The smallest absolute Gasteiger partial charge is 0.267 e. The van der Waals surface area contributed by atoms with Crippen LogP contribution in [-0.2, 0) is 5.75 Å². The van der Waals surface area contributed by atoms with Crippen molar-refractivity contribution in [2.75, 3.05) is 0 Å². The van der Waals surface area contributed by atoms with E-state index in [2.05, 4.69) is 6.07 Å². The second kappa shape index (κ2) is 7.16. The van der Waals surface area contributed by atoms with Crippen molar-refractivity contribution in [1.82, 2.24) is 9.55 Å². The molecule has 0 atom stereocenters. The Morgan fingerprint density at radius 2 is 1.85 bits per heavy atom. The second-order valence-corrected chi connectivity index (χ2v) is 7.44. The molecule has 0 saturated carbocycles. The van der Waals surface area contributed by atoms with Gasteiger partial charge in [-0.1, -0.05) is 42.1 Å². The number of thiophene rings is 1. The Hall–Kier alpha value is -2.88. The zero-order valence-corrected chi connectivity index (χ0v) is 15.3. The van der Waals surface area contributed by atoms with Gasteiger partial charge in [0, 0.05) is 5.75 Å². The van der Waals surface area contributed by atoms with Crippen molar-refractivity contribution < 1.29 is 0 Å². The first-order valence-corrected chi connectivity index (χ1v) is 9.80. The van der Waals surface area contributed by atoms with E-state index in [1.807, 2.05) is 53.9 Å². The van der Waals surface area contributed by atoms with Crippen LogP contribution in [0, 0.1) is 11.3 Å². The number of fused-ring (bicyclic) bond motifs is 1. The van der Waals surface area contributed by atoms with Gasteiger partial charge in [-0.05, 0) is 41.3 Å². The predicted molar refractivity (Wildman–Crippen MR) is 106 cm³/mol. The lowest BCUT2D eigenvalue weighted by molar-refractivity contribution is 0.822. The van der Waals surface area contributed by atoms with Crippen molar-refractivity contribution in [2.24, 2.45) is 0 Å². The number of para-hydroxylation sites is 1. The third-order valence-corrected chi connectivity index (χ3v) is 5.75. The van der Waals surface area contributed by atoms with Gasteiger partial charge in [0.05, 0.1) is 22.7 Å². The monoisotopic (exact) mass is 375 g/mol. The molecule has 0 saturated heterocycles. The quantitative estimate of drug-likeness (QED) is 0.386. The lowest BCUT2D eigenvalue weighted by atomic mass is 10.2. The Bertz CT molecular complexity index is 1160. The highest BCUT2D eigenvalue weighted by Gasteiger charge is 2.14. The summed E-state index contributed by atoms with van der Waals surface area (Å²) >= 11 is 2.99. The molecule has 0 spiro atoms. The fourth-order valence-corrected chi connectivity index (χ4v) is 4.39. The Morgan fingerprint density at radius 3 is 2.58 bits per heavy atom. The molecule has 6 heteroatoms. The molecule has 4 rings (SSSR count). The molecule has 2 aromatic carbocycles. The summed E-state index contributed by atoms with van der Waals surface area (Å²) < 4.78 is 1.67. The fraction of sp³-hybridized carbons (Fsp3) is 0.0500. The number of nitrogens with zero attached hydrogens (tertiary/aromatic N) is 3. The zero-order valence-electron chi connectivity index (χ0n) is 13.6. The van der Waals surface area contributed by atoms with Crippen LogP contribution in [0.25, 0.3) is 15.9 Å². The van der Waals surface area contributed by atoms with E-state index >= 15 is 0 Å². The van der Waals surface area contributed by atoms with Crippen molar-refractivity contribution in [3.63, 3.8) is 0 Å². The van der Waals surface area contributed by atoms with Crippen LogP contribution in [-0.4, -0.2) is 9.55 Å². The van der Waals surface area contributed by atoms with E-state index in [9.17, 15) is 4.79 Å². The van der Waals surface area contributed by atoms with Gasteiger partial charge >= 0.3 is 0 Å². The summed E-state index contributed by atoms with van der Waals surface area (Å²) in [4.78, 5) is 18.5. The summed E-state index contributed by atoms with van der Waals surface area (Å²) in [6, 6.07) is 21.0. The molecule has 26 heavy (non-hydrogen) atoms. The topological polar surface area (TPSA) is 58.7 Å². The Labute approximate surface area is 158 Å². The molecular formula is C20H13N3OS2. The average molecular weight is 375 g/mol. The molecule has 2 heterocycles. The van der Waals surface area contributed by atoms with E-state index in [0.29, 0.717) is 21.9 Å². The molecule has 0 amide bonds. The number of rotatable bonds is 4. The largest absolute Gasteiger partial charge is 0.268 e. The van der Waals surface area contributed by atoms with Crippen LogP contribution in [0.5, 0.6) is 0 Å². The van der Waals surface area contributed by atoms with Crippen molar-refractivity contribution in [1.29, 1.82) is 5.26 Å². The van der Waals surface area contributed by atoms with Gasteiger partial charge in [0.2, 0.25) is 0 Å². The molecule has 2 aromatic heterocycles. The fourth-order valence-electron chi connectivity index (χ4n) is 2.62. The predicted octanol–water partition coefficient (Wildman–Crippen LogP) is 4.61. The highest BCUT2D eigenvalue weighted by Crippen LogP contribution is 2.26. The van der Waals surface area contributed by atoms with Crippen LogP contribution in [0.1, 0.15) is 11.1 Å². The van der Waals surface area contributed by atoms with Gasteiger partial charge in [0.25, 0.3) is 5.56 Å².